The molecule has 1 aromatic carbocycles. The number of nitrogens with one attached hydrogen (secondary N) is 1. The normalized spacial score (nSPS) is 22.4. The van der Waals surface area contributed by atoms with Crippen LogP contribution < -0.4 is 5.32 Å². The van der Waals surface area contributed by atoms with Crippen LogP contribution >= 0.6 is 0 Å². The van der Waals surface area contributed by atoms with Crippen LogP contribution in [0.4, 0.5) is 0 Å². The Hall–Kier alpha value is -1.41. The summed E-state index contributed by atoms with van der Waals surface area (Å²) in [6.07, 6.45) is 6.37. The Morgan fingerprint density at radius 3 is 2.95 bits per heavy atom. The first-order valence-corrected chi connectivity index (χ1v) is 7.95. The molecule has 1 aliphatic carbocycles. The van der Waals surface area contributed by atoms with Crippen molar-refractivity contribution in [3.05, 3.63) is 42.1 Å². The molecule has 2 atom stereocenters. The number of hydrogen-bond donors (Lipinski definition) is 1. The van der Waals surface area contributed by atoms with E-state index >= 15 is 0 Å². The van der Waals surface area contributed by atoms with Gasteiger partial charge in [0.05, 0.1) is 5.52 Å². The molecule has 1 aliphatic rings. The zero-order valence-corrected chi connectivity index (χ0v) is 12.3. The van der Waals surface area contributed by atoms with Crippen LogP contribution in [0, 0.1) is 5.92 Å². The Morgan fingerprint density at radius 2 is 2.05 bits per heavy atom. The van der Waals surface area contributed by atoms with Gasteiger partial charge in [-0.25, -0.2) is 0 Å². The summed E-state index contributed by atoms with van der Waals surface area (Å²) < 4.78 is 0. The lowest BCUT2D eigenvalue weighted by molar-refractivity contribution is 0.396. The van der Waals surface area contributed by atoms with Crippen molar-refractivity contribution in [1.29, 1.82) is 0 Å². The number of benzene rings is 1. The Bertz CT molecular complexity index is 564. The molecule has 0 aliphatic heterocycles. The minimum absolute atomic E-state index is 0.697. The van der Waals surface area contributed by atoms with Crippen LogP contribution in [0.5, 0.6) is 0 Å². The predicted octanol–water partition coefficient (Wildman–Crippen LogP) is 3.95. The minimum Gasteiger partial charge on any atom is -0.314 e. The second-order valence-electron chi connectivity index (χ2n) is 5.95. The van der Waals surface area contributed by atoms with Gasteiger partial charge in [-0.05, 0) is 50.3 Å². The maximum absolute atomic E-state index is 4.83. The third-order valence-electron chi connectivity index (χ3n) is 4.44. The van der Waals surface area contributed by atoms with Crippen molar-refractivity contribution >= 4 is 10.9 Å². The third-order valence-corrected chi connectivity index (χ3v) is 4.44. The van der Waals surface area contributed by atoms with E-state index in [4.69, 9.17) is 4.98 Å². The summed E-state index contributed by atoms with van der Waals surface area (Å²) in [5, 5.41) is 4.95. The molecular formula is C18H24N2. The summed E-state index contributed by atoms with van der Waals surface area (Å²) in [5.41, 5.74) is 2.37. The summed E-state index contributed by atoms with van der Waals surface area (Å²) in [4.78, 5) is 4.83. The molecular weight excluding hydrogens is 244 g/mol. The van der Waals surface area contributed by atoms with Crippen LogP contribution in [0.15, 0.2) is 36.4 Å². The fraction of sp³-hybridized carbons (Fsp3) is 0.500. The van der Waals surface area contributed by atoms with Crippen molar-refractivity contribution in [3.8, 4) is 0 Å². The average Bonchev–Trinajstić information content (AvgIpc) is 2.92. The highest BCUT2D eigenvalue weighted by molar-refractivity contribution is 5.78. The number of nitrogens with zero attached hydrogens (tertiary/aromatic N) is 1. The number of rotatable bonds is 5. The molecule has 1 N–H and O–H groups in total. The molecule has 2 heteroatoms. The topological polar surface area (TPSA) is 24.9 Å². The van der Waals surface area contributed by atoms with Crippen molar-refractivity contribution in [1.82, 2.24) is 10.3 Å². The molecule has 106 valence electrons. The van der Waals surface area contributed by atoms with E-state index in [1.165, 1.54) is 36.8 Å². The highest BCUT2D eigenvalue weighted by Gasteiger charge is 2.26. The number of fused-ring (bicyclic) bond motifs is 1. The third kappa shape index (κ3) is 3.01. The molecule has 1 heterocycles. The Kier molecular flexibility index (Phi) is 4.31. The average molecular weight is 268 g/mol. The molecule has 2 nitrogen and oxygen atoms in total. The van der Waals surface area contributed by atoms with Crippen molar-refractivity contribution in [2.45, 2.75) is 45.1 Å². The first-order chi connectivity index (χ1) is 9.86. The van der Waals surface area contributed by atoms with Crippen molar-refractivity contribution in [3.63, 3.8) is 0 Å². The van der Waals surface area contributed by atoms with E-state index in [9.17, 15) is 0 Å². The molecule has 1 aromatic heterocycles. The second kappa shape index (κ2) is 6.36. The first-order valence-electron chi connectivity index (χ1n) is 7.95. The predicted molar refractivity (Wildman–Crippen MR) is 84.9 cm³/mol. The Balaban J connectivity index is 1.71. The molecule has 1 saturated carbocycles. The minimum atomic E-state index is 0.697. The van der Waals surface area contributed by atoms with Gasteiger partial charge in [0, 0.05) is 17.1 Å². The first kappa shape index (κ1) is 13.6. The zero-order chi connectivity index (χ0) is 13.8. The highest BCUT2D eigenvalue weighted by atomic mass is 14.9. The number of hydrogen-bond acceptors (Lipinski definition) is 2. The van der Waals surface area contributed by atoms with E-state index in [1.807, 2.05) is 0 Å². The van der Waals surface area contributed by atoms with Gasteiger partial charge in [0.2, 0.25) is 0 Å². The summed E-state index contributed by atoms with van der Waals surface area (Å²) in [5.74, 6) is 0.759. The Labute approximate surface area is 121 Å². The zero-order valence-electron chi connectivity index (χ0n) is 12.3. The molecule has 0 amide bonds. The molecule has 1 fully saturated rings. The maximum Gasteiger partial charge on any atom is 0.0705 e. The molecule has 0 spiro atoms. The van der Waals surface area contributed by atoms with Crippen LogP contribution in [0.25, 0.3) is 10.9 Å². The lowest BCUT2D eigenvalue weighted by Crippen LogP contribution is -2.33. The van der Waals surface area contributed by atoms with Crippen molar-refractivity contribution in [2.24, 2.45) is 5.92 Å². The van der Waals surface area contributed by atoms with E-state index in [2.05, 4.69) is 48.6 Å². The highest BCUT2D eigenvalue weighted by Crippen LogP contribution is 2.28. The summed E-state index contributed by atoms with van der Waals surface area (Å²) >= 11 is 0. The van der Waals surface area contributed by atoms with E-state index in [-0.39, 0.29) is 0 Å². The van der Waals surface area contributed by atoms with Gasteiger partial charge >= 0.3 is 0 Å². The van der Waals surface area contributed by atoms with Gasteiger partial charge in [0.25, 0.3) is 0 Å². The van der Waals surface area contributed by atoms with E-state index < -0.39 is 0 Å². The van der Waals surface area contributed by atoms with Gasteiger partial charge in [-0.1, -0.05) is 37.6 Å². The lowest BCUT2D eigenvalue weighted by Gasteiger charge is -2.20. The van der Waals surface area contributed by atoms with Gasteiger partial charge in [-0.15, -0.1) is 0 Å². The van der Waals surface area contributed by atoms with Crippen LogP contribution in [0.1, 0.15) is 38.3 Å². The van der Waals surface area contributed by atoms with E-state index in [0.29, 0.717) is 6.04 Å². The molecule has 20 heavy (non-hydrogen) atoms. The molecule has 0 radical (unpaired) electrons. The maximum atomic E-state index is 4.83. The Morgan fingerprint density at radius 1 is 1.15 bits per heavy atom. The fourth-order valence-electron chi connectivity index (χ4n) is 3.37. The second-order valence-corrected chi connectivity index (χ2v) is 5.95. The SMILES string of the molecule is CCCNC1CCCC1Cc1ccc2ccccc2n1. The quantitative estimate of drug-likeness (QED) is 0.888. The van der Waals surface area contributed by atoms with Crippen LogP contribution in [0.3, 0.4) is 0 Å². The molecule has 0 saturated heterocycles. The van der Waals surface area contributed by atoms with Gasteiger partial charge in [-0.2, -0.15) is 0 Å². The van der Waals surface area contributed by atoms with Gasteiger partial charge in [0.15, 0.2) is 0 Å². The van der Waals surface area contributed by atoms with Crippen LogP contribution in [-0.2, 0) is 6.42 Å². The fourth-order valence-corrected chi connectivity index (χ4v) is 3.37. The van der Waals surface area contributed by atoms with Crippen molar-refractivity contribution < 1.29 is 0 Å². The largest absolute Gasteiger partial charge is 0.314 e. The number of aromatic nitrogens is 1. The van der Waals surface area contributed by atoms with Gasteiger partial charge < -0.3 is 5.32 Å². The molecule has 2 unspecified atom stereocenters. The standard InChI is InChI=1S/C18H24N2/c1-2-12-19-17-9-5-7-15(17)13-16-11-10-14-6-3-4-8-18(14)20-16/h3-4,6,8,10-11,15,17,19H,2,5,7,9,12-13H2,1H3. The summed E-state index contributed by atoms with van der Waals surface area (Å²) in [6.45, 7) is 3.38. The smallest absolute Gasteiger partial charge is 0.0705 e. The van der Waals surface area contributed by atoms with Crippen LogP contribution in [0.2, 0.25) is 0 Å². The number of pyridine rings is 1. The molecule has 2 aromatic rings. The van der Waals surface area contributed by atoms with Crippen LogP contribution in [-0.4, -0.2) is 17.6 Å². The van der Waals surface area contributed by atoms with E-state index in [0.717, 1.165) is 24.4 Å². The monoisotopic (exact) mass is 268 g/mol. The molecule has 3 rings (SSSR count). The van der Waals surface area contributed by atoms with Gasteiger partial charge in [0.1, 0.15) is 0 Å². The van der Waals surface area contributed by atoms with Gasteiger partial charge in [-0.3, -0.25) is 4.98 Å². The number of para-hydroxylation sites is 1. The van der Waals surface area contributed by atoms with Crippen molar-refractivity contribution in [2.75, 3.05) is 6.54 Å². The molecule has 0 bridgehead atoms. The summed E-state index contributed by atoms with van der Waals surface area (Å²) in [7, 11) is 0. The van der Waals surface area contributed by atoms with E-state index in [1.54, 1.807) is 0 Å². The summed E-state index contributed by atoms with van der Waals surface area (Å²) in [6, 6.07) is 13.5. The lowest BCUT2D eigenvalue weighted by atomic mass is 9.97.